The van der Waals surface area contributed by atoms with Crippen molar-refractivity contribution in [2.75, 3.05) is 0 Å². The first-order valence-electron chi connectivity index (χ1n) is 7.18. The lowest BCUT2D eigenvalue weighted by Gasteiger charge is -2.34. The summed E-state index contributed by atoms with van der Waals surface area (Å²) >= 11 is 5.91. The first-order chi connectivity index (χ1) is 10.5. The van der Waals surface area contributed by atoms with E-state index in [9.17, 15) is 8.42 Å². The lowest BCUT2D eigenvalue weighted by Crippen LogP contribution is -2.36. The van der Waals surface area contributed by atoms with E-state index < -0.39 is 10.0 Å². The molecule has 1 aliphatic carbocycles. The highest BCUT2D eigenvalue weighted by molar-refractivity contribution is 7.88. The van der Waals surface area contributed by atoms with Crippen molar-refractivity contribution in [3.05, 3.63) is 52.9 Å². The van der Waals surface area contributed by atoms with Gasteiger partial charge < -0.3 is 4.52 Å². The van der Waals surface area contributed by atoms with E-state index in [1.54, 1.807) is 18.2 Å². The predicted molar refractivity (Wildman–Crippen MR) is 83.8 cm³/mol. The third-order valence-corrected chi connectivity index (χ3v) is 5.53. The molecule has 0 bridgehead atoms. The minimum absolute atomic E-state index is 0.180. The SMILES string of the molecule is O=S(=O)(Cc1ccon1)NC(c1ccc(Cl)cc1)C1CCC1. The van der Waals surface area contributed by atoms with E-state index >= 15 is 0 Å². The first-order valence-corrected chi connectivity index (χ1v) is 9.21. The highest BCUT2D eigenvalue weighted by atomic mass is 35.5. The third-order valence-electron chi connectivity index (χ3n) is 3.99. The summed E-state index contributed by atoms with van der Waals surface area (Å²) in [5.74, 6) is 0.147. The molecule has 0 aliphatic heterocycles. The zero-order chi connectivity index (χ0) is 15.6. The normalized spacial score (nSPS) is 17.1. The van der Waals surface area contributed by atoms with Crippen LogP contribution in [0.2, 0.25) is 5.02 Å². The molecule has 22 heavy (non-hydrogen) atoms. The van der Waals surface area contributed by atoms with Gasteiger partial charge in [0, 0.05) is 17.1 Å². The van der Waals surface area contributed by atoms with E-state index in [1.165, 1.54) is 6.26 Å². The van der Waals surface area contributed by atoms with Gasteiger partial charge in [-0.15, -0.1) is 0 Å². The monoisotopic (exact) mass is 340 g/mol. The van der Waals surface area contributed by atoms with Crippen LogP contribution in [0.3, 0.4) is 0 Å². The van der Waals surface area contributed by atoms with E-state index in [-0.39, 0.29) is 11.8 Å². The number of rotatable bonds is 6. The molecule has 1 aliphatic rings. The first kappa shape index (κ1) is 15.5. The fraction of sp³-hybridized carbons (Fsp3) is 0.400. The molecule has 7 heteroatoms. The van der Waals surface area contributed by atoms with Crippen molar-refractivity contribution >= 4 is 21.6 Å². The van der Waals surface area contributed by atoms with Crippen LogP contribution in [0.25, 0.3) is 0 Å². The second kappa shape index (κ2) is 6.40. The molecular formula is C15H17ClN2O3S. The Morgan fingerprint density at radius 2 is 2.00 bits per heavy atom. The molecule has 1 N–H and O–H groups in total. The Balaban J connectivity index is 1.79. The number of nitrogens with zero attached hydrogens (tertiary/aromatic N) is 1. The number of sulfonamides is 1. The van der Waals surface area contributed by atoms with Crippen molar-refractivity contribution in [1.82, 2.24) is 9.88 Å². The predicted octanol–water partition coefficient (Wildman–Crippen LogP) is 3.29. The number of halogens is 1. The highest BCUT2D eigenvalue weighted by Gasteiger charge is 2.31. The van der Waals surface area contributed by atoms with E-state index in [1.807, 2.05) is 12.1 Å². The summed E-state index contributed by atoms with van der Waals surface area (Å²) in [5, 5.41) is 4.30. The molecule has 0 radical (unpaired) electrons. The Morgan fingerprint density at radius 3 is 2.55 bits per heavy atom. The van der Waals surface area contributed by atoms with Crippen molar-refractivity contribution in [1.29, 1.82) is 0 Å². The van der Waals surface area contributed by atoms with Crippen molar-refractivity contribution in [2.45, 2.75) is 31.1 Å². The van der Waals surface area contributed by atoms with Crippen LogP contribution in [0.5, 0.6) is 0 Å². The molecule has 1 atom stereocenters. The molecule has 118 valence electrons. The van der Waals surface area contributed by atoms with Crippen LogP contribution in [-0.4, -0.2) is 13.6 Å². The van der Waals surface area contributed by atoms with Gasteiger partial charge in [-0.05, 0) is 36.5 Å². The second-order valence-electron chi connectivity index (χ2n) is 5.59. The minimum Gasteiger partial charge on any atom is -0.364 e. The Bertz CT molecular complexity index is 710. The van der Waals surface area contributed by atoms with Crippen LogP contribution in [0, 0.1) is 5.92 Å². The molecule has 2 aromatic rings. The highest BCUT2D eigenvalue weighted by Crippen LogP contribution is 2.38. The van der Waals surface area contributed by atoms with E-state index in [2.05, 4.69) is 14.4 Å². The Hall–Kier alpha value is -1.37. The largest absolute Gasteiger partial charge is 0.364 e. The van der Waals surface area contributed by atoms with Crippen LogP contribution in [0.1, 0.15) is 36.6 Å². The summed E-state index contributed by atoms with van der Waals surface area (Å²) in [6, 6.07) is 8.67. The standard InChI is InChI=1S/C15H17ClN2O3S/c16-13-6-4-12(5-7-13)15(11-2-1-3-11)18-22(19,20)10-14-8-9-21-17-14/h4-9,11,15,18H,1-3,10H2. The Morgan fingerprint density at radius 1 is 1.27 bits per heavy atom. The molecule has 1 unspecified atom stereocenters. The Labute approximate surface area is 134 Å². The van der Waals surface area contributed by atoms with E-state index in [4.69, 9.17) is 11.6 Å². The minimum atomic E-state index is -3.49. The molecule has 3 rings (SSSR count). The molecular weight excluding hydrogens is 324 g/mol. The maximum atomic E-state index is 12.4. The van der Waals surface area contributed by atoms with Gasteiger partial charge in [-0.25, -0.2) is 13.1 Å². The quantitative estimate of drug-likeness (QED) is 0.875. The molecule has 1 fully saturated rings. The maximum Gasteiger partial charge on any atom is 0.218 e. The zero-order valence-corrected chi connectivity index (χ0v) is 13.5. The number of nitrogens with one attached hydrogen (secondary N) is 1. The number of benzene rings is 1. The van der Waals surface area contributed by atoms with E-state index in [0.29, 0.717) is 16.6 Å². The number of aromatic nitrogens is 1. The number of hydrogen-bond donors (Lipinski definition) is 1. The van der Waals surface area contributed by atoms with Crippen molar-refractivity contribution < 1.29 is 12.9 Å². The second-order valence-corrected chi connectivity index (χ2v) is 7.78. The molecule has 1 heterocycles. The lowest BCUT2D eigenvalue weighted by molar-refractivity contribution is 0.251. The number of hydrogen-bond acceptors (Lipinski definition) is 4. The van der Waals surface area contributed by atoms with Gasteiger partial charge in [0.1, 0.15) is 12.0 Å². The van der Waals surface area contributed by atoms with Crippen molar-refractivity contribution in [3.8, 4) is 0 Å². The van der Waals surface area contributed by atoms with Gasteiger partial charge in [0.15, 0.2) is 0 Å². The van der Waals surface area contributed by atoms with Gasteiger partial charge in [0.05, 0.1) is 5.69 Å². The van der Waals surface area contributed by atoms with Gasteiger partial charge in [0.25, 0.3) is 0 Å². The van der Waals surface area contributed by atoms with Crippen LogP contribution in [0.15, 0.2) is 41.1 Å². The molecule has 0 amide bonds. The molecule has 0 spiro atoms. The lowest BCUT2D eigenvalue weighted by atomic mass is 9.77. The molecule has 0 saturated heterocycles. The molecule has 1 aromatic heterocycles. The van der Waals surface area contributed by atoms with Gasteiger partial charge in [-0.1, -0.05) is 35.3 Å². The van der Waals surface area contributed by atoms with Crippen molar-refractivity contribution in [2.24, 2.45) is 5.92 Å². The summed E-state index contributed by atoms with van der Waals surface area (Å²) in [6.45, 7) is 0. The van der Waals surface area contributed by atoms with Crippen LogP contribution in [-0.2, 0) is 15.8 Å². The molecule has 5 nitrogen and oxygen atoms in total. The van der Waals surface area contributed by atoms with Gasteiger partial charge >= 0.3 is 0 Å². The van der Waals surface area contributed by atoms with Crippen LogP contribution in [0.4, 0.5) is 0 Å². The average molecular weight is 341 g/mol. The average Bonchev–Trinajstić information content (AvgIpc) is 2.88. The van der Waals surface area contributed by atoms with Gasteiger partial charge in [0.2, 0.25) is 10.0 Å². The summed E-state index contributed by atoms with van der Waals surface area (Å²) in [4.78, 5) is 0. The zero-order valence-electron chi connectivity index (χ0n) is 11.9. The van der Waals surface area contributed by atoms with Gasteiger partial charge in [-0.3, -0.25) is 0 Å². The summed E-state index contributed by atoms with van der Waals surface area (Å²) in [5.41, 5.74) is 1.34. The Kier molecular flexibility index (Phi) is 4.52. The summed E-state index contributed by atoms with van der Waals surface area (Å²) < 4.78 is 32.3. The van der Waals surface area contributed by atoms with Crippen molar-refractivity contribution in [3.63, 3.8) is 0 Å². The maximum absolute atomic E-state index is 12.4. The smallest absolute Gasteiger partial charge is 0.218 e. The third kappa shape index (κ3) is 3.69. The summed E-state index contributed by atoms with van der Waals surface area (Å²) in [6.07, 6.45) is 4.56. The topological polar surface area (TPSA) is 72.2 Å². The van der Waals surface area contributed by atoms with Crippen LogP contribution < -0.4 is 4.72 Å². The van der Waals surface area contributed by atoms with Gasteiger partial charge in [-0.2, -0.15) is 0 Å². The fourth-order valence-electron chi connectivity index (χ4n) is 2.62. The fourth-order valence-corrected chi connectivity index (χ4v) is 4.08. The van der Waals surface area contributed by atoms with E-state index in [0.717, 1.165) is 24.8 Å². The molecule has 1 saturated carbocycles. The van der Waals surface area contributed by atoms with Crippen LogP contribution >= 0.6 is 11.6 Å². The summed E-state index contributed by atoms with van der Waals surface area (Å²) in [7, 11) is -3.49. The molecule has 1 aromatic carbocycles.